The van der Waals surface area contributed by atoms with E-state index in [2.05, 4.69) is 35.4 Å². The molecular weight excluding hydrogens is 378 g/mol. The number of amides is 1. The fourth-order valence-electron chi connectivity index (χ4n) is 2.75. The van der Waals surface area contributed by atoms with Crippen LogP contribution in [0, 0.1) is 13.8 Å². The van der Waals surface area contributed by atoms with E-state index in [1.165, 1.54) is 5.56 Å². The molecule has 2 aromatic carbocycles. The van der Waals surface area contributed by atoms with Crippen LogP contribution in [0.2, 0.25) is 0 Å². The van der Waals surface area contributed by atoms with Gasteiger partial charge in [0.25, 0.3) is 5.91 Å². The van der Waals surface area contributed by atoms with Crippen molar-refractivity contribution in [1.29, 1.82) is 0 Å². The van der Waals surface area contributed by atoms with Gasteiger partial charge in [0.2, 0.25) is 0 Å². The number of benzene rings is 2. The van der Waals surface area contributed by atoms with E-state index in [1.54, 1.807) is 30.7 Å². The van der Waals surface area contributed by atoms with Gasteiger partial charge in [-0.3, -0.25) is 9.78 Å². The maximum absolute atomic E-state index is 12.0. The van der Waals surface area contributed by atoms with E-state index in [0.29, 0.717) is 24.5 Å². The second-order valence-electron chi connectivity index (χ2n) is 6.72. The summed E-state index contributed by atoms with van der Waals surface area (Å²) < 4.78 is 11.7. The summed E-state index contributed by atoms with van der Waals surface area (Å²) in [5, 5.41) is 4.03. The summed E-state index contributed by atoms with van der Waals surface area (Å²) >= 11 is 0. The minimum absolute atomic E-state index is 0.296. The standard InChI is InChI=1S/C24H25N3O3/c1-18-7-5-10-22(19(18)2)29-15-6-16-30-23-9-4-3-8-21(23)17-26-27-24(28)20-11-13-25-14-12-20/h3-5,7-14,17H,6,15-16H2,1-2H3,(H,27,28)/b26-17-. The Kier molecular flexibility index (Phi) is 7.55. The van der Waals surface area contributed by atoms with Crippen LogP contribution in [-0.4, -0.2) is 30.3 Å². The topological polar surface area (TPSA) is 72.8 Å². The molecule has 0 spiro atoms. The number of carbonyl (C=O) groups is 1. The van der Waals surface area contributed by atoms with Crippen molar-refractivity contribution in [3.63, 3.8) is 0 Å². The van der Waals surface area contributed by atoms with Gasteiger partial charge in [-0.15, -0.1) is 0 Å². The molecule has 0 aliphatic rings. The number of hydrogen-bond donors (Lipinski definition) is 1. The lowest BCUT2D eigenvalue weighted by atomic mass is 10.1. The minimum atomic E-state index is -0.296. The number of aromatic nitrogens is 1. The molecule has 0 fully saturated rings. The second-order valence-corrected chi connectivity index (χ2v) is 6.72. The Hall–Kier alpha value is -3.67. The molecule has 0 unspecified atom stereocenters. The molecule has 6 heteroatoms. The molecule has 0 saturated heterocycles. The largest absolute Gasteiger partial charge is 0.493 e. The zero-order valence-corrected chi connectivity index (χ0v) is 17.2. The fraction of sp³-hybridized carbons (Fsp3) is 0.208. The summed E-state index contributed by atoms with van der Waals surface area (Å²) in [5.74, 6) is 1.31. The van der Waals surface area contributed by atoms with Gasteiger partial charge in [-0.25, -0.2) is 5.43 Å². The first kappa shape index (κ1) is 21.0. The zero-order valence-electron chi connectivity index (χ0n) is 17.2. The Balaban J connectivity index is 1.48. The molecule has 0 atom stereocenters. The maximum Gasteiger partial charge on any atom is 0.271 e. The number of nitrogens with zero attached hydrogens (tertiary/aromatic N) is 2. The van der Waals surface area contributed by atoms with Crippen LogP contribution in [0.4, 0.5) is 0 Å². The molecule has 0 aliphatic carbocycles. The predicted molar refractivity (Wildman–Crippen MR) is 117 cm³/mol. The monoisotopic (exact) mass is 403 g/mol. The van der Waals surface area contributed by atoms with E-state index in [9.17, 15) is 4.79 Å². The van der Waals surface area contributed by atoms with Gasteiger partial charge >= 0.3 is 0 Å². The molecule has 0 aliphatic heterocycles. The van der Waals surface area contributed by atoms with E-state index in [1.807, 2.05) is 36.4 Å². The summed E-state index contributed by atoms with van der Waals surface area (Å²) in [7, 11) is 0. The van der Waals surface area contributed by atoms with Gasteiger partial charge in [-0.1, -0.05) is 24.3 Å². The van der Waals surface area contributed by atoms with Crippen molar-refractivity contribution in [3.8, 4) is 11.5 Å². The van der Waals surface area contributed by atoms with Gasteiger partial charge in [-0.2, -0.15) is 5.10 Å². The Bertz CT molecular complexity index is 1000. The highest BCUT2D eigenvalue weighted by Gasteiger charge is 2.05. The van der Waals surface area contributed by atoms with Gasteiger partial charge in [-0.05, 0) is 55.3 Å². The molecular formula is C24H25N3O3. The van der Waals surface area contributed by atoms with E-state index >= 15 is 0 Å². The number of hydrogen-bond acceptors (Lipinski definition) is 5. The summed E-state index contributed by atoms with van der Waals surface area (Å²) in [6.07, 6.45) is 5.44. The smallest absolute Gasteiger partial charge is 0.271 e. The lowest BCUT2D eigenvalue weighted by Crippen LogP contribution is -2.17. The molecule has 30 heavy (non-hydrogen) atoms. The lowest BCUT2D eigenvalue weighted by molar-refractivity contribution is 0.0955. The zero-order chi connectivity index (χ0) is 21.2. The summed E-state index contributed by atoms with van der Waals surface area (Å²) in [6.45, 7) is 5.22. The predicted octanol–water partition coefficient (Wildman–Crippen LogP) is 4.31. The van der Waals surface area contributed by atoms with Crippen molar-refractivity contribution in [2.24, 2.45) is 5.10 Å². The van der Waals surface area contributed by atoms with E-state index in [4.69, 9.17) is 9.47 Å². The number of para-hydroxylation sites is 1. The highest BCUT2D eigenvalue weighted by molar-refractivity contribution is 5.94. The highest BCUT2D eigenvalue weighted by Crippen LogP contribution is 2.21. The van der Waals surface area contributed by atoms with Gasteiger partial charge < -0.3 is 9.47 Å². The van der Waals surface area contributed by atoms with Crippen molar-refractivity contribution in [2.45, 2.75) is 20.3 Å². The minimum Gasteiger partial charge on any atom is -0.493 e. The van der Waals surface area contributed by atoms with Crippen LogP contribution < -0.4 is 14.9 Å². The number of rotatable bonds is 9. The van der Waals surface area contributed by atoms with Crippen LogP contribution in [-0.2, 0) is 0 Å². The Labute approximate surface area is 176 Å². The molecule has 3 rings (SSSR count). The summed E-state index contributed by atoms with van der Waals surface area (Å²) in [6, 6.07) is 16.8. The number of aryl methyl sites for hydroxylation is 1. The van der Waals surface area contributed by atoms with E-state index in [-0.39, 0.29) is 5.91 Å². The van der Waals surface area contributed by atoms with Crippen molar-refractivity contribution in [1.82, 2.24) is 10.4 Å². The SMILES string of the molecule is Cc1cccc(OCCCOc2ccccc2/C=N\NC(=O)c2ccncc2)c1C. The molecule has 0 bridgehead atoms. The molecule has 1 amide bonds. The first-order valence-electron chi connectivity index (χ1n) is 9.79. The molecule has 1 aromatic heterocycles. The molecule has 1 heterocycles. The second kappa shape index (κ2) is 10.8. The average molecular weight is 403 g/mol. The van der Waals surface area contributed by atoms with Crippen molar-refractivity contribution in [2.75, 3.05) is 13.2 Å². The Morgan fingerprint density at radius 3 is 2.47 bits per heavy atom. The van der Waals surface area contributed by atoms with Crippen LogP contribution in [0.5, 0.6) is 11.5 Å². The quantitative estimate of drug-likeness (QED) is 0.328. The average Bonchev–Trinajstić information content (AvgIpc) is 2.78. The van der Waals surface area contributed by atoms with E-state index < -0.39 is 0 Å². The Morgan fingerprint density at radius 1 is 0.967 bits per heavy atom. The highest BCUT2D eigenvalue weighted by atomic mass is 16.5. The van der Waals surface area contributed by atoms with Crippen LogP contribution in [0.3, 0.4) is 0 Å². The molecule has 1 N–H and O–H groups in total. The van der Waals surface area contributed by atoms with Crippen molar-refractivity contribution >= 4 is 12.1 Å². The molecule has 154 valence electrons. The summed E-state index contributed by atoms with van der Waals surface area (Å²) in [5.41, 5.74) is 6.16. The normalized spacial score (nSPS) is 10.7. The third-order valence-corrected chi connectivity index (χ3v) is 4.59. The summed E-state index contributed by atoms with van der Waals surface area (Å²) in [4.78, 5) is 15.9. The van der Waals surface area contributed by atoms with Crippen LogP contribution in [0.25, 0.3) is 0 Å². The molecule has 0 radical (unpaired) electrons. The van der Waals surface area contributed by atoms with Crippen molar-refractivity contribution < 1.29 is 14.3 Å². The van der Waals surface area contributed by atoms with Crippen LogP contribution in [0.15, 0.2) is 72.1 Å². The molecule has 6 nitrogen and oxygen atoms in total. The van der Waals surface area contributed by atoms with E-state index in [0.717, 1.165) is 23.3 Å². The Morgan fingerprint density at radius 2 is 1.67 bits per heavy atom. The first-order chi connectivity index (χ1) is 14.6. The number of nitrogens with one attached hydrogen (secondary N) is 1. The molecule has 3 aromatic rings. The lowest BCUT2D eigenvalue weighted by Gasteiger charge is -2.12. The number of pyridine rings is 1. The van der Waals surface area contributed by atoms with Gasteiger partial charge in [0.05, 0.1) is 19.4 Å². The number of carbonyl (C=O) groups excluding carboxylic acids is 1. The van der Waals surface area contributed by atoms with Gasteiger partial charge in [0, 0.05) is 29.9 Å². The van der Waals surface area contributed by atoms with Gasteiger partial charge in [0.15, 0.2) is 0 Å². The van der Waals surface area contributed by atoms with Crippen molar-refractivity contribution in [3.05, 3.63) is 89.2 Å². The maximum atomic E-state index is 12.0. The number of ether oxygens (including phenoxy) is 2. The van der Waals surface area contributed by atoms with Crippen LogP contribution in [0.1, 0.15) is 33.5 Å². The molecule has 0 saturated carbocycles. The third kappa shape index (κ3) is 5.91. The first-order valence-corrected chi connectivity index (χ1v) is 9.79. The fourth-order valence-corrected chi connectivity index (χ4v) is 2.75. The van der Waals surface area contributed by atoms with Crippen LogP contribution >= 0.6 is 0 Å². The van der Waals surface area contributed by atoms with Gasteiger partial charge in [0.1, 0.15) is 11.5 Å². The third-order valence-electron chi connectivity index (χ3n) is 4.59. The number of hydrazone groups is 1.